The molecule has 0 spiro atoms. The van der Waals surface area contributed by atoms with E-state index >= 15 is 0 Å². The third kappa shape index (κ3) is 2.34. The van der Waals surface area contributed by atoms with Crippen molar-refractivity contribution in [2.24, 2.45) is 4.99 Å². The molecule has 0 saturated carbocycles. The number of imidazole rings is 1. The zero-order valence-corrected chi connectivity index (χ0v) is 16.4. The maximum absolute atomic E-state index is 4.92. The van der Waals surface area contributed by atoms with Crippen LogP contribution < -0.4 is 0 Å². The van der Waals surface area contributed by atoms with Gasteiger partial charge in [0.15, 0.2) is 0 Å². The first-order valence-corrected chi connectivity index (χ1v) is 9.12. The van der Waals surface area contributed by atoms with Crippen LogP contribution in [0.1, 0.15) is 43.0 Å². The fourth-order valence-electron chi connectivity index (χ4n) is 4.09. The van der Waals surface area contributed by atoms with Crippen molar-refractivity contribution < 1.29 is 0 Å². The van der Waals surface area contributed by atoms with Crippen LogP contribution in [0, 0.1) is 20.8 Å². The predicted octanol–water partition coefficient (Wildman–Crippen LogP) is 5.85. The van der Waals surface area contributed by atoms with Gasteiger partial charge in [0.05, 0.1) is 11.4 Å². The molecule has 1 aromatic heterocycles. The summed E-state index contributed by atoms with van der Waals surface area (Å²) >= 11 is 0. The molecule has 0 amide bonds. The van der Waals surface area contributed by atoms with Crippen molar-refractivity contribution in [3.63, 3.8) is 0 Å². The van der Waals surface area contributed by atoms with E-state index in [1.54, 1.807) is 0 Å². The lowest BCUT2D eigenvalue weighted by Gasteiger charge is -2.20. The van der Waals surface area contributed by atoms with E-state index in [1.807, 2.05) is 6.20 Å². The zero-order chi connectivity index (χ0) is 18.6. The Morgan fingerprint density at radius 3 is 2.35 bits per heavy atom. The Kier molecular flexibility index (Phi) is 3.65. The Labute approximate surface area is 155 Å². The molecular formula is C23H25N3. The Morgan fingerprint density at radius 2 is 1.65 bits per heavy atom. The topological polar surface area (TPSA) is 30.2 Å². The van der Waals surface area contributed by atoms with Gasteiger partial charge in [0.25, 0.3) is 0 Å². The molecule has 0 bridgehead atoms. The fourth-order valence-corrected chi connectivity index (χ4v) is 4.09. The van der Waals surface area contributed by atoms with Crippen molar-refractivity contribution in [2.75, 3.05) is 0 Å². The molecule has 0 N–H and O–H groups in total. The predicted molar refractivity (Wildman–Crippen MR) is 109 cm³/mol. The van der Waals surface area contributed by atoms with Gasteiger partial charge < -0.3 is 0 Å². The zero-order valence-electron chi connectivity index (χ0n) is 16.4. The van der Waals surface area contributed by atoms with Gasteiger partial charge in [0.1, 0.15) is 5.82 Å². The molecule has 2 aromatic carbocycles. The number of para-hydroxylation sites is 1. The SMILES string of the molecule is CC1=Nc2c(-c3nccn3-c3c(C)cc(C)cc3C)cccc2C1(C)C. The molecule has 132 valence electrons. The minimum Gasteiger partial charge on any atom is -0.299 e. The minimum atomic E-state index is -0.0293. The fraction of sp³-hybridized carbons (Fsp3) is 0.304. The van der Waals surface area contributed by atoms with Crippen LogP contribution in [0.4, 0.5) is 5.69 Å². The van der Waals surface area contributed by atoms with Crippen LogP contribution in [-0.4, -0.2) is 15.3 Å². The van der Waals surface area contributed by atoms with Crippen molar-refractivity contribution in [3.05, 3.63) is 65.0 Å². The van der Waals surface area contributed by atoms with Gasteiger partial charge >= 0.3 is 0 Å². The third-order valence-electron chi connectivity index (χ3n) is 5.65. The molecule has 1 aliphatic rings. The molecule has 3 nitrogen and oxygen atoms in total. The van der Waals surface area contributed by atoms with Crippen molar-refractivity contribution >= 4 is 11.4 Å². The van der Waals surface area contributed by atoms with E-state index in [9.17, 15) is 0 Å². The standard InChI is InChI=1S/C23H25N3/c1-14-12-15(2)21(16(3)13-14)26-11-10-24-22(26)18-8-7-9-19-20(18)25-17(4)23(19,5)6/h7-13H,1-6H3. The average Bonchev–Trinajstić information content (AvgIpc) is 3.10. The molecule has 2 heterocycles. The number of aryl methyl sites for hydroxylation is 3. The quantitative estimate of drug-likeness (QED) is 0.574. The second kappa shape index (κ2) is 5.66. The highest BCUT2D eigenvalue weighted by Gasteiger charge is 2.34. The van der Waals surface area contributed by atoms with E-state index in [0.717, 1.165) is 22.8 Å². The summed E-state index contributed by atoms with van der Waals surface area (Å²) in [5, 5.41) is 0. The Hall–Kier alpha value is -2.68. The lowest BCUT2D eigenvalue weighted by molar-refractivity contribution is 0.733. The van der Waals surface area contributed by atoms with Crippen LogP contribution >= 0.6 is 0 Å². The number of hydrogen-bond acceptors (Lipinski definition) is 2. The second-order valence-electron chi connectivity index (χ2n) is 7.89. The molecule has 0 saturated heterocycles. The summed E-state index contributed by atoms with van der Waals surface area (Å²) in [5.41, 5.74) is 9.57. The first-order chi connectivity index (χ1) is 12.3. The van der Waals surface area contributed by atoms with E-state index in [1.165, 1.54) is 27.9 Å². The number of nitrogens with zero attached hydrogens (tertiary/aromatic N) is 3. The molecule has 4 rings (SSSR count). The van der Waals surface area contributed by atoms with Crippen LogP contribution in [0.5, 0.6) is 0 Å². The van der Waals surface area contributed by atoms with Crippen LogP contribution in [0.15, 0.2) is 47.7 Å². The van der Waals surface area contributed by atoms with Crippen LogP contribution in [0.2, 0.25) is 0 Å². The average molecular weight is 343 g/mol. The van der Waals surface area contributed by atoms with Gasteiger partial charge in [-0.3, -0.25) is 9.56 Å². The second-order valence-corrected chi connectivity index (χ2v) is 7.89. The Morgan fingerprint density at radius 1 is 0.962 bits per heavy atom. The lowest BCUT2D eigenvalue weighted by atomic mass is 9.81. The van der Waals surface area contributed by atoms with E-state index in [2.05, 4.69) is 82.6 Å². The van der Waals surface area contributed by atoms with Crippen LogP contribution in [-0.2, 0) is 5.41 Å². The number of benzene rings is 2. The molecular weight excluding hydrogens is 318 g/mol. The van der Waals surface area contributed by atoms with Gasteiger partial charge in [-0.25, -0.2) is 4.98 Å². The molecule has 1 aliphatic heterocycles. The molecule has 0 atom stereocenters. The van der Waals surface area contributed by atoms with E-state index in [0.29, 0.717) is 0 Å². The first-order valence-electron chi connectivity index (χ1n) is 9.12. The monoisotopic (exact) mass is 343 g/mol. The largest absolute Gasteiger partial charge is 0.299 e. The summed E-state index contributed by atoms with van der Waals surface area (Å²) in [6.07, 6.45) is 3.93. The third-order valence-corrected chi connectivity index (χ3v) is 5.65. The number of fused-ring (bicyclic) bond motifs is 1. The van der Waals surface area contributed by atoms with Crippen LogP contribution in [0.25, 0.3) is 17.1 Å². The Bertz CT molecular complexity index is 1030. The van der Waals surface area contributed by atoms with Crippen molar-refractivity contribution in [3.8, 4) is 17.1 Å². The van der Waals surface area contributed by atoms with Crippen molar-refractivity contribution in [1.29, 1.82) is 0 Å². The first kappa shape index (κ1) is 16.8. The highest BCUT2D eigenvalue weighted by molar-refractivity contribution is 6.02. The van der Waals surface area contributed by atoms with Gasteiger partial charge in [0.2, 0.25) is 0 Å². The van der Waals surface area contributed by atoms with E-state index < -0.39 is 0 Å². The molecule has 3 aromatic rings. The number of aromatic nitrogens is 2. The lowest BCUT2D eigenvalue weighted by Crippen LogP contribution is -2.22. The van der Waals surface area contributed by atoms with E-state index in [4.69, 9.17) is 9.98 Å². The van der Waals surface area contributed by atoms with E-state index in [-0.39, 0.29) is 5.41 Å². The summed E-state index contributed by atoms with van der Waals surface area (Å²) in [7, 11) is 0. The molecule has 3 heteroatoms. The van der Waals surface area contributed by atoms with Gasteiger partial charge in [-0.05, 0) is 50.5 Å². The van der Waals surface area contributed by atoms with Crippen molar-refractivity contribution in [2.45, 2.75) is 47.0 Å². The highest BCUT2D eigenvalue weighted by atomic mass is 15.1. The van der Waals surface area contributed by atoms with Gasteiger partial charge in [-0.15, -0.1) is 0 Å². The Balaban J connectivity index is 1.96. The summed E-state index contributed by atoms with van der Waals surface area (Å²) in [4.78, 5) is 9.63. The number of rotatable bonds is 2. The summed E-state index contributed by atoms with van der Waals surface area (Å²) in [6.45, 7) is 13.1. The maximum atomic E-state index is 4.92. The molecule has 26 heavy (non-hydrogen) atoms. The highest BCUT2D eigenvalue weighted by Crippen LogP contribution is 2.45. The van der Waals surface area contributed by atoms with Gasteiger partial charge in [-0.1, -0.05) is 43.7 Å². The molecule has 0 aliphatic carbocycles. The van der Waals surface area contributed by atoms with Gasteiger partial charge in [0, 0.05) is 29.1 Å². The molecule has 0 radical (unpaired) electrons. The number of aliphatic imine (C=N–C) groups is 1. The summed E-state index contributed by atoms with van der Waals surface area (Å²) < 4.78 is 2.20. The summed E-state index contributed by atoms with van der Waals surface area (Å²) in [6, 6.07) is 10.9. The molecule has 0 fully saturated rings. The minimum absolute atomic E-state index is 0.0293. The van der Waals surface area contributed by atoms with Crippen LogP contribution in [0.3, 0.4) is 0 Å². The van der Waals surface area contributed by atoms with Gasteiger partial charge in [-0.2, -0.15) is 0 Å². The smallest absolute Gasteiger partial charge is 0.146 e. The molecule has 0 unspecified atom stereocenters. The number of hydrogen-bond donors (Lipinski definition) is 0. The summed E-state index contributed by atoms with van der Waals surface area (Å²) in [5.74, 6) is 0.950. The normalized spacial score (nSPS) is 15.1. The maximum Gasteiger partial charge on any atom is 0.146 e. The van der Waals surface area contributed by atoms with Crippen molar-refractivity contribution in [1.82, 2.24) is 9.55 Å².